The van der Waals surface area contributed by atoms with Gasteiger partial charge in [0.15, 0.2) is 16.9 Å². The van der Waals surface area contributed by atoms with E-state index < -0.39 is 5.91 Å². The average Bonchev–Trinajstić information content (AvgIpc) is 3.55. The molecule has 0 aliphatic carbocycles. The topological polar surface area (TPSA) is 148 Å². The lowest BCUT2D eigenvalue weighted by Crippen LogP contribution is -2.28. The Bertz CT molecular complexity index is 1490. The molecule has 0 bridgehead atoms. The zero-order valence-corrected chi connectivity index (χ0v) is 20.4. The monoisotopic (exact) mass is 509 g/mol. The molecule has 0 unspecified atom stereocenters. The molecule has 0 saturated carbocycles. The van der Waals surface area contributed by atoms with E-state index in [4.69, 9.17) is 21.8 Å². The number of nitrogens with one attached hydrogen (secondary N) is 1. The number of nitrogens with zero attached hydrogens (tertiary/aromatic N) is 7. The number of rotatable bonds is 6. The fourth-order valence-electron chi connectivity index (χ4n) is 4.13. The van der Waals surface area contributed by atoms with Gasteiger partial charge in [0.1, 0.15) is 17.7 Å². The molecule has 186 valence electrons. The Labute approximate surface area is 210 Å². The number of benzene rings is 1. The summed E-state index contributed by atoms with van der Waals surface area (Å²) in [5, 5.41) is 7.99. The highest BCUT2D eigenvalue weighted by molar-refractivity contribution is 6.31. The summed E-state index contributed by atoms with van der Waals surface area (Å²) in [6.45, 7) is 1.66. The maximum absolute atomic E-state index is 13.2. The Morgan fingerprint density at radius 2 is 2.17 bits per heavy atom. The van der Waals surface area contributed by atoms with Gasteiger partial charge in [-0.3, -0.25) is 14.9 Å². The molecule has 4 aromatic rings. The van der Waals surface area contributed by atoms with Crippen LogP contribution in [0.1, 0.15) is 23.0 Å². The molecule has 3 aromatic heterocycles. The standard InChI is InChI=1S/C23H24ClN9O3/c1-31(2)8-3-4-17(34)32-9-7-14(11-32)33-21-18(20(25)26-12-27-21)19(30-33)22(35)29-23-28-15-10-13(24)5-6-16(15)36-23/h3-6,10,12,14H,7-9,11H2,1-2H3,(H2,25,26,27)(H,28,29,35)/b4-3+/t14-/m1/s1. The van der Waals surface area contributed by atoms with Crippen molar-refractivity contribution in [2.24, 2.45) is 0 Å². The lowest BCUT2D eigenvalue weighted by molar-refractivity contribution is -0.125. The first-order valence-electron chi connectivity index (χ1n) is 11.3. The van der Waals surface area contributed by atoms with Crippen molar-refractivity contribution in [3.63, 3.8) is 0 Å². The molecule has 12 nitrogen and oxygen atoms in total. The van der Waals surface area contributed by atoms with E-state index in [1.54, 1.807) is 33.9 Å². The van der Waals surface area contributed by atoms with Crippen molar-refractivity contribution in [3.05, 3.63) is 47.4 Å². The summed E-state index contributed by atoms with van der Waals surface area (Å²) in [7, 11) is 3.87. The van der Waals surface area contributed by atoms with Crippen LogP contribution in [0.3, 0.4) is 0 Å². The van der Waals surface area contributed by atoms with Crippen LogP contribution in [0.15, 0.2) is 41.1 Å². The number of nitrogens with two attached hydrogens (primary N) is 1. The van der Waals surface area contributed by atoms with Crippen molar-refractivity contribution in [2.75, 3.05) is 44.8 Å². The third-order valence-corrected chi connectivity index (χ3v) is 6.09. The number of carbonyl (C=O) groups excluding carboxylic acids is 2. The van der Waals surface area contributed by atoms with Crippen LogP contribution in [0.2, 0.25) is 5.02 Å². The predicted octanol–water partition coefficient (Wildman–Crippen LogP) is 2.35. The lowest BCUT2D eigenvalue weighted by atomic mass is 10.2. The van der Waals surface area contributed by atoms with Gasteiger partial charge >= 0.3 is 6.01 Å². The largest absolute Gasteiger partial charge is 0.423 e. The summed E-state index contributed by atoms with van der Waals surface area (Å²) in [4.78, 5) is 42.1. The number of likely N-dealkylation sites (tertiary alicyclic amines) is 1. The second kappa shape index (κ2) is 9.55. The number of halogens is 1. The van der Waals surface area contributed by atoms with Crippen molar-refractivity contribution >= 4 is 57.4 Å². The highest BCUT2D eigenvalue weighted by atomic mass is 35.5. The number of hydrogen-bond donors (Lipinski definition) is 2. The molecule has 4 heterocycles. The molecule has 1 saturated heterocycles. The van der Waals surface area contributed by atoms with Crippen molar-refractivity contribution < 1.29 is 14.0 Å². The maximum atomic E-state index is 13.2. The van der Waals surface area contributed by atoms with Crippen molar-refractivity contribution in [1.29, 1.82) is 0 Å². The molecule has 1 aliphatic heterocycles. The van der Waals surface area contributed by atoms with E-state index in [2.05, 4.69) is 25.4 Å². The Balaban J connectivity index is 1.40. The number of nitrogen functional groups attached to an aromatic ring is 1. The first-order chi connectivity index (χ1) is 17.3. The lowest BCUT2D eigenvalue weighted by Gasteiger charge is -2.15. The Kier molecular flexibility index (Phi) is 6.29. The summed E-state index contributed by atoms with van der Waals surface area (Å²) < 4.78 is 7.24. The maximum Gasteiger partial charge on any atom is 0.302 e. The molecule has 2 amide bonds. The van der Waals surface area contributed by atoms with Gasteiger partial charge in [0.2, 0.25) is 5.91 Å². The Morgan fingerprint density at radius 1 is 1.33 bits per heavy atom. The minimum absolute atomic E-state index is 0.00228. The van der Waals surface area contributed by atoms with Crippen molar-refractivity contribution in [2.45, 2.75) is 12.5 Å². The number of aromatic nitrogens is 5. The van der Waals surface area contributed by atoms with E-state index in [1.807, 2.05) is 25.1 Å². The first kappa shape index (κ1) is 23.7. The van der Waals surface area contributed by atoms with E-state index in [-0.39, 0.29) is 29.5 Å². The van der Waals surface area contributed by atoms with Gasteiger partial charge in [0, 0.05) is 30.7 Å². The summed E-state index contributed by atoms with van der Waals surface area (Å²) in [5.74, 6) is -0.521. The minimum atomic E-state index is -0.574. The van der Waals surface area contributed by atoms with Gasteiger partial charge in [-0.2, -0.15) is 10.1 Å². The molecule has 5 rings (SSSR count). The molecule has 36 heavy (non-hydrogen) atoms. The first-order valence-corrected chi connectivity index (χ1v) is 11.6. The quantitative estimate of drug-likeness (QED) is 0.373. The van der Waals surface area contributed by atoms with Gasteiger partial charge in [-0.25, -0.2) is 14.6 Å². The summed E-state index contributed by atoms with van der Waals surface area (Å²) in [6.07, 6.45) is 5.39. The normalized spacial score (nSPS) is 16.1. The van der Waals surface area contributed by atoms with Crippen LogP contribution in [0, 0.1) is 0 Å². The summed E-state index contributed by atoms with van der Waals surface area (Å²) >= 11 is 6.00. The van der Waals surface area contributed by atoms with E-state index in [0.29, 0.717) is 53.2 Å². The molecular weight excluding hydrogens is 486 g/mol. The van der Waals surface area contributed by atoms with Crippen LogP contribution in [0.5, 0.6) is 0 Å². The number of hydrogen-bond acceptors (Lipinski definition) is 9. The molecule has 1 aromatic carbocycles. The smallest absolute Gasteiger partial charge is 0.302 e. The second-order valence-electron chi connectivity index (χ2n) is 8.73. The van der Waals surface area contributed by atoms with Crippen LogP contribution >= 0.6 is 11.6 Å². The fraction of sp³-hybridized carbons (Fsp3) is 0.304. The molecule has 1 atom stereocenters. The van der Waals surface area contributed by atoms with Gasteiger partial charge in [-0.15, -0.1) is 0 Å². The van der Waals surface area contributed by atoms with Crippen LogP contribution in [0.25, 0.3) is 22.1 Å². The van der Waals surface area contributed by atoms with Gasteiger partial charge in [-0.1, -0.05) is 17.7 Å². The van der Waals surface area contributed by atoms with Crippen LogP contribution in [-0.4, -0.2) is 80.1 Å². The third-order valence-electron chi connectivity index (χ3n) is 5.86. The predicted molar refractivity (Wildman–Crippen MR) is 135 cm³/mol. The molecule has 1 fully saturated rings. The van der Waals surface area contributed by atoms with Gasteiger partial charge < -0.3 is 20.0 Å². The van der Waals surface area contributed by atoms with Crippen LogP contribution in [0.4, 0.5) is 11.8 Å². The number of oxazole rings is 1. The zero-order valence-electron chi connectivity index (χ0n) is 19.7. The number of fused-ring (bicyclic) bond motifs is 2. The molecule has 13 heteroatoms. The fourth-order valence-corrected chi connectivity index (χ4v) is 4.30. The van der Waals surface area contributed by atoms with Gasteiger partial charge in [0.05, 0.1) is 11.4 Å². The van der Waals surface area contributed by atoms with E-state index in [9.17, 15) is 9.59 Å². The summed E-state index contributed by atoms with van der Waals surface area (Å²) in [6, 6.07) is 4.79. The zero-order chi connectivity index (χ0) is 25.4. The van der Waals surface area contributed by atoms with E-state index in [1.165, 1.54) is 6.33 Å². The van der Waals surface area contributed by atoms with Gasteiger partial charge in [0.25, 0.3) is 5.91 Å². The van der Waals surface area contributed by atoms with Crippen molar-refractivity contribution in [3.8, 4) is 0 Å². The highest BCUT2D eigenvalue weighted by Gasteiger charge is 2.31. The molecular formula is C23H24ClN9O3. The minimum Gasteiger partial charge on any atom is -0.423 e. The van der Waals surface area contributed by atoms with E-state index in [0.717, 1.165) is 0 Å². The Hall–Kier alpha value is -4.03. The molecule has 3 N–H and O–H groups in total. The molecule has 0 spiro atoms. The molecule has 0 radical (unpaired) electrons. The third kappa shape index (κ3) is 4.60. The van der Waals surface area contributed by atoms with E-state index >= 15 is 0 Å². The highest BCUT2D eigenvalue weighted by Crippen LogP contribution is 2.30. The Morgan fingerprint density at radius 3 is 2.97 bits per heavy atom. The number of carbonyl (C=O) groups is 2. The molecule has 1 aliphatic rings. The SMILES string of the molecule is CN(C)C/C=C/C(=O)N1CC[C@@H](n2nc(C(=O)Nc3nc4cc(Cl)ccc4o3)c3c(N)ncnc32)C1. The van der Waals surface area contributed by atoms with Crippen LogP contribution < -0.4 is 11.1 Å². The second-order valence-corrected chi connectivity index (χ2v) is 9.16. The van der Waals surface area contributed by atoms with Crippen LogP contribution in [-0.2, 0) is 4.79 Å². The number of amides is 2. The van der Waals surface area contributed by atoms with Gasteiger partial charge in [-0.05, 0) is 38.7 Å². The van der Waals surface area contributed by atoms with Crippen molar-refractivity contribution in [1.82, 2.24) is 34.5 Å². The summed E-state index contributed by atoms with van der Waals surface area (Å²) in [5.41, 5.74) is 7.56. The number of anilines is 2. The average molecular weight is 510 g/mol. The number of likely N-dealkylation sites (N-methyl/N-ethyl adjacent to an activating group) is 1.